The van der Waals surface area contributed by atoms with E-state index in [0.29, 0.717) is 34.8 Å². The number of piperidine rings is 1. The molecule has 0 unspecified atom stereocenters. The summed E-state index contributed by atoms with van der Waals surface area (Å²) < 4.78 is 19.7. The first kappa shape index (κ1) is 20.7. The van der Waals surface area contributed by atoms with Gasteiger partial charge in [-0.1, -0.05) is 18.2 Å². The summed E-state index contributed by atoms with van der Waals surface area (Å²) in [7, 11) is 0. The number of carbonyl (C=O) groups is 1. The van der Waals surface area contributed by atoms with E-state index >= 15 is 0 Å². The maximum atomic E-state index is 13.4. The van der Waals surface area contributed by atoms with Crippen molar-refractivity contribution in [2.24, 2.45) is 0 Å². The Hall–Kier alpha value is -3.19. The number of likely N-dealkylation sites (tertiary alicyclic amines) is 1. The zero-order valence-electron chi connectivity index (χ0n) is 17.2. The smallest absolute Gasteiger partial charge is 0.259 e. The lowest BCUT2D eigenvalue weighted by Crippen LogP contribution is -2.38. The third-order valence-corrected chi connectivity index (χ3v) is 6.49. The molecule has 1 fully saturated rings. The highest BCUT2D eigenvalue weighted by molar-refractivity contribution is 9.10. The highest BCUT2D eigenvalue weighted by Crippen LogP contribution is 2.33. The number of halogens is 2. The molecule has 7 heteroatoms. The van der Waals surface area contributed by atoms with E-state index in [9.17, 15) is 9.18 Å². The van der Waals surface area contributed by atoms with Gasteiger partial charge in [0.2, 0.25) is 5.88 Å². The fourth-order valence-corrected chi connectivity index (χ4v) is 4.61. The predicted octanol–water partition coefficient (Wildman–Crippen LogP) is 6.28. The molecule has 2 aromatic heterocycles. The molecule has 0 aliphatic carbocycles. The number of pyridine rings is 1. The van der Waals surface area contributed by atoms with E-state index in [2.05, 4.69) is 44.1 Å². The van der Waals surface area contributed by atoms with Crippen molar-refractivity contribution in [2.45, 2.75) is 18.8 Å². The van der Waals surface area contributed by atoms with Crippen LogP contribution < -0.4 is 4.74 Å². The van der Waals surface area contributed by atoms with E-state index in [1.54, 1.807) is 18.3 Å². The molecule has 4 aromatic rings. The molecule has 5 nitrogen and oxygen atoms in total. The number of ether oxygens (including phenoxy) is 1. The number of rotatable bonds is 4. The number of carbonyl (C=O) groups excluding carboxylic acids is 1. The summed E-state index contributed by atoms with van der Waals surface area (Å²) >= 11 is 3.29. The van der Waals surface area contributed by atoms with Gasteiger partial charge in [0, 0.05) is 36.4 Å². The van der Waals surface area contributed by atoms with E-state index in [0.717, 1.165) is 18.4 Å². The van der Waals surface area contributed by atoms with Crippen LogP contribution in [0.5, 0.6) is 11.6 Å². The molecule has 5 rings (SSSR count). The monoisotopic (exact) mass is 493 g/mol. The van der Waals surface area contributed by atoms with Crippen LogP contribution in [0.3, 0.4) is 0 Å². The first-order valence-corrected chi connectivity index (χ1v) is 11.3. The standard InChI is InChI=1S/C25H21BrFN3O2/c26-20-15-18(27)7-8-23(20)32-24-19(5-3-11-28-24)25(31)30-12-9-16(10-13-30)22-14-17-4-1-2-6-21(17)29-22/h1-8,11,14-16,29H,9-10,12-13H2. The third-order valence-electron chi connectivity index (χ3n) is 5.87. The summed E-state index contributed by atoms with van der Waals surface area (Å²) in [4.78, 5) is 22.9. The molecule has 0 radical (unpaired) electrons. The van der Waals surface area contributed by atoms with Crippen molar-refractivity contribution >= 4 is 32.7 Å². The average Bonchev–Trinajstić information content (AvgIpc) is 3.25. The molecule has 0 saturated carbocycles. The molecule has 1 amide bonds. The van der Waals surface area contributed by atoms with Crippen LogP contribution in [0.4, 0.5) is 4.39 Å². The molecule has 0 atom stereocenters. The van der Waals surface area contributed by atoms with E-state index in [-0.39, 0.29) is 17.6 Å². The lowest BCUT2D eigenvalue weighted by Gasteiger charge is -2.32. The van der Waals surface area contributed by atoms with Crippen LogP contribution in [0.15, 0.2) is 71.3 Å². The predicted molar refractivity (Wildman–Crippen MR) is 125 cm³/mol. The summed E-state index contributed by atoms with van der Waals surface area (Å²) in [5.74, 6) is 0.520. The van der Waals surface area contributed by atoms with E-state index in [1.165, 1.54) is 29.3 Å². The van der Waals surface area contributed by atoms with E-state index < -0.39 is 0 Å². The Balaban J connectivity index is 1.30. The van der Waals surface area contributed by atoms with Gasteiger partial charge in [-0.2, -0.15) is 0 Å². The van der Waals surface area contributed by atoms with Crippen molar-refractivity contribution in [3.63, 3.8) is 0 Å². The summed E-state index contributed by atoms with van der Waals surface area (Å²) in [6.07, 6.45) is 3.35. The molecule has 0 bridgehead atoms. The number of hydrogen-bond donors (Lipinski definition) is 1. The largest absolute Gasteiger partial charge is 0.437 e. The Bertz CT molecular complexity index is 1250. The van der Waals surface area contributed by atoms with Gasteiger partial charge in [-0.15, -0.1) is 0 Å². The maximum Gasteiger partial charge on any atom is 0.259 e. The van der Waals surface area contributed by atoms with Crippen LogP contribution in [0.2, 0.25) is 0 Å². The number of H-pyrrole nitrogens is 1. The Labute approximate surface area is 193 Å². The number of para-hydroxylation sites is 1. The molecule has 0 spiro atoms. The minimum Gasteiger partial charge on any atom is -0.437 e. The SMILES string of the molecule is O=C(c1cccnc1Oc1ccc(F)cc1Br)N1CCC(c2cc3ccccc3[nH]2)CC1. The van der Waals surface area contributed by atoms with Gasteiger partial charge in [0.15, 0.2) is 0 Å². The number of aromatic nitrogens is 2. The number of hydrogen-bond acceptors (Lipinski definition) is 3. The van der Waals surface area contributed by atoms with Gasteiger partial charge in [-0.25, -0.2) is 9.37 Å². The second-order valence-electron chi connectivity index (χ2n) is 7.91. The van der Waals surface area contributed by atoms with Gasteiger partial charge in [0.25, 0.3) is 5.91 Å². The van der Waals surface area contributed by atoms with Gasteiger partial charge in [-0.05, 0) is 76.6 Å². The number of amides is 1. The quantitative estimate of drug-likeness (QED) is 0.364. The molecule has 1 aliphatic heterocycles. The Morgan fingerprint density at radius 2 is 1.91 bits per heavy atom. The topological polar surface area (TPSA) is 58.2 Å². The molecular formula is C25H21BrFN3O2. The summed E-state index contributed by atoms with van der Waals surface area (Å²) in [5, 5.41) is 1.21. The second-order valence-corrected chi connectivity index (χ2v) is 8.77. The Kier molecular flexibility index (Phi) is 5.66. The molecule has 2 aromatic carbocycles. The lowest BCUT2D eigenvalue weighted by atomic mass is 9.93. The van der Waals surface area contributed by atoms with E-state index in [1.807, 2.05) is 17.0 Å². The van der Waals surface area contributed by atoms with Crippen molar-refractivity contribution in [3.8, 4) is 11.6 Å². The Morgan fingerprint density at radius 1 is 1.09 bits per heavy atom. The number of aromatic amines is 1. The normalized spacial score (nSPS) is 14.6. The molecule has 32 heavy (non-hydrogen) atoms. The summed E-state index contributed by atoms with van der Waals surface area (Å²) in [6, 6.07) is 18.0. The number of nitrogens with one attached hydrogen (secondary N) is 1. The van der Waals surface area contributed by atoms with Crippen molar-refractivity contribution in [1.29, 1.82) is 0 Å². The van der Waals surface area contributed by atoms with Crippen molar-refractivity contribution in [3.05, 3.63) is 88.4 Å². The maximum absolute atomic E-state index is 13.4. The van der Waals surface area contributed by atoms with Gasteiger partial charge >= 0.3 is 0 Å². The van der Waals surface area contributed by atoms with Crippen LogP contribution in [0, 0.1) is 5.82 Å². The zero-order valence-corrected chi connectivity index (χ0v) is 18.8. The first-order valence-electron chi connectivity index (χ1n) is 10.5. The second kappa shape index (κ2) is 8.74. The number of nitrogens with zero attached hydrogens (tertiary/aromatic N) is 2. The van der Waals surface area contributed by atoms with Gasteiger partial charge in [0.05, 0.1) is 4.47 Å². The fourth-order valence-electron chi connectivity index (χ4n) is 4.18. The van der Waals surface area contributed by atoms with Gasteiger partial charge < -0.3 is 14.6 Å². The van der Waals surface area contributed by atoms with Crippen LogP contribution in [-0.2, 0) is 0 Å². The van der Waals surface area contributed by atoms with Crippen molar-refractivity contribution in [2.75, 3.05) is 13.1 Å². The fraction of sp³-hybridized carbons (Fsp3) is 0.200. The van der Waals surface area contributed by atoms with Crippen LogP contribution in [-0.4, -0.2) is 33.9 Å². The highest BCUT2D eigenvalue weighted by atomic mass is 79.9. The highest BCUT2D eigenvalue weighted by Gasteiger charge is 2.27. The van der Waals surface area contributed by atoms with Crippen molar-refractivity contribution in [1.82, 2.24) is 14.9 Å². The van der Waals surface area contributed by atoms with Crippen LogP contribution in [0.25, 0.3) is 10.9 Å². The van der Waals surface area contributed by atoms with Crippen molar-refractivity contribution < 1.29 is 13.9 Å². The molecule has 1 saturated heterocycles. The van der Waals surface area contributed by atoms with Crippen LogP contribution >= 0.6 is 15.9 Å². The molecule has 162 valence electrons. The molecule has 3 heterocycles. The van der Waals surface area contributed by atoms with Gasteiger partial charge in [0.1, 0.15) is 17.1 Å². The number of benzene rings is 2. The Morgan fingerprint density at radius 3 is 2.69 bits per heavy atom. The average molecular weight is 494 g/mol. The number of fused-ring (bicyclic) bond motifs is 1. The minimum absolute atomic E-state index is 0.110. The van der Waals surface area contributed by atoms with E-state index in [4.69, 9.17) is 4.74 Å². The molecule has 1 N–H and O–H groups in total. The van der Waals surface area contributed by atoms with Gasteiger partial charge in [-0.3, -0.25) is 4.79 Å². The first-order chi connectivity index (χ1) is 15.6. The minimum atomic E-state index is -0.376. The molecular weight excluding hydrogens is 473 g/mol. The zero-order chi connectivity index (χ0) is 22.1. The summed E-state index contributed by atoms with van der Waals surface area (Å²) in [5.41, 5.74) is 2.77. The lowest BCUT2D eigenvalue weighted by molar-refractivity contribution is 0.0709. The van der Waals surface area contributed by atoms with Crippen LogP contribution in [0.1, 0.15) is 34.8 Å². The third kappa shape index (κ3) is 4.12. The summed E-state index contributed by atoms with van der Waals surface area (Å²) in [6.45, 7) is 1.32. The molecule has 1 aliphatic rings.